The number of thiol groups is 1. The van der Waals surface area contributed by atoms with Gasteiger partial charge in [-0.25, -0.2) is 4.39 Å². The van der Waals surface area contributed by atoms with Crippen molar-refractivity contribution in [1.82, 2.24) is 0 Å². The number of rotatable bonds is 1. The van der Waals surface area contributed by atoms with E-state index in [1.54, 1.807) is 13.0 Å². The second-order valence-corrected chi connectivity index (χ2v) is 3.13. The van der Waals surface area contributed by atoms with Gasteiger partial charge < -0.3 is 0 Å². The summed E-state index contributed by atoms with van der Waals surface area (Å²) in [4.78, 5) is 0. The molecular formula is C11H11FS. The van der Waals surface area contributed by atoms with Crippen molar-refractivity contribution in [2.75, 3.05) is 5.75 Å². The summed E-state index contributed by atoms with van der Waals surface area (Å²) in [5.41, 5.74) is 1.39. The third-order valence-electron chi connectivity index (χ3n) is 1.73. The largest absolute Gasteiger partial charge is 0.207 e. The maximum atomic E-state index is 13.0. The Kier molecular flexibility index (Phi) is 3.85. The maximum Gasteiger partial charge on any atom is 0.127 e. The van der Waals surface area contributed by atoms with Gasteiger partial charge in [0.25, 0.3) is 0 Å². The first-order chi connectivity index (χ1) is 6.25. The molecule has 0 nitrogen and oxygen atoms in total. The minimum atomic E-state index is -0.197. The molecule has 0 N–H and O–H groups in total. The fourth-order valence-electron chi connectivity index (χ4n) is 0.957. The molecule has 0 saturated heterocycles. The van der Waals surface area contributed by atoms with Gasteiger partial charge in [0.2, 0.25) is 0 Å². The molecule has 2 heteroatoms. The highest BCUT2D eigenvalue weighted by atomic mass is 32.1. The first-order valence-electron chi connectivity index (χ1n) is 4.10. The van der Waals surface area contributed by atoms with Gasteiger partial charge in [-0.15, -0.1) is 0 Å². The van der Waals surface area contributed by atoms with Gasteiger partial charge in [0, 0.05) is 23.3 Å². The highest BCUT2D eigenvalue weighted by molar-refractivity contribution is 7.80. The summed E-state index contributed by atoms with van der Waals surface area (Å²) in [6.45, 7) is 1.74. The molecule has 0 bridgehead atoms. The fourth-order valence-corrected chi connectivity index (χ4v) is 1.07. The van der Waals surface area contributed by atoms with Crippen LogP contribution >= 0.6 is 12.6 Å². The Balaban J connectivity index is 2.91. The number of hydrogen-bond acceptors (Lipinski definition) is 1. The average Bonchev–Trinajstić information content (AvgIpc) is 2.13. The van der Waals surface area contributed by atoms with E-state index in [0.29, 0.717) is 5.56 Å². The van der Waals surface area contributed by atoms with Crippen LogP contribution in [0.2, 0.25) is 0 Å². The maximum absolute atomic E-state index is 13.0. The van der Waals surface area contributed by atoms with Crippen LogP contribution in [0.1, 0.15) is 17.5 Å². The van der Waals surface area contributed by atoms with Gasteiger partial charge in [-0.2, -0.15) is 12.6 Å². The lowest BCUT2D eigenvalue weighted by Crippen LogP contribution is -1.86. The summed E-state index contributed by atoms with van der Waals surface area (Å²) in [6.07, 6.45) is 0.735. The lowest BCUT2D eigenvalue weighted by atomic mass is 10.1. The molecular weight excluding hydrogens is 183 g/mol. The van der Waals surface area contributed by atoms with E-state index < -0.39 is 0 Å². The zero-order chi connectivity index (χ0) is 9.68. The topological polar surface area (TPSA) is 0 Å². The molecule has 0 aliphatic heterocycles. The van der Waals surface area contributed by atoms with Crippen LogP contribution in [0.15, 0.2) is 18.2 Å². The number of hydrogen-bond donors (Lipinski definition) is 1. The van der Waals surface area contributed by atoms with Crippen LogP contribution < -0.4 is 0 Å². The zero-order valence-electron chi connectivity index (χ0n) is 7.47. The molecule has 0 aliphatic carbocycles. The quantitative estimate of drug-likeness (QED) is 0.516. The van der Waals surface area contributed by atoms with Gasteiger partial charge in [-0.05, 0) is 19.1 Å². The summed E-state index contributed by atoms with van der Waals surface area (Å²) < 4.78 is 13.0. The summed E-state index contributed by atoms with van der Waals surface area (Å²) in [7, 11) is 0. The second kappa shape index (κ2) is 4.94. The standard InChI is InChI=1S/C11H11FS/c1-9-10(5-2-3-8-13)6-4-7-11(9)12/h4,6-7,13H,3,8H2,1H3. The first-order valence-corrected chi connectivity index (χ1v) is 4.74. The molecule has 1 rings (SSSR count). The van der Waals surface area contributed by atoms with Crippen molar-refractivity contribution in [1.29, 1.82) is 0 Å². The highest BCUT2D eigenvalue weighted by Gasteiger charge is 1.98. The van der Waals surface area contributed by atoms with Gasteiger partial charge in [-0.1, -0.05) is 17.9 Å². The van der Waals surface area contributed by atoms with E-state index in [-0.39, 0.29) is 5.82 Å². The van der Waals surface area contributed by atoms with E-state index >= 15 is 0 Å². The Morgan fingerprint density at radius 1 is 1.46 bits per heavy atom. The highest BCUT2D eigenvalue weighted by Crippen LogP contribution is 2.10. The summed E-state index contributed by atoms with van der Waals surface area (Å²) in [6, 6.07) is 4.94. The minimum absolute atomic E-state index is 0.197. The summed E-state index contributed by atoms with van der Waals surface area (Å²) in [5, 5.41) is 0. The fraction of sp³-hybridized carbons (Fsp3) is 0.273. The Labute approximate surface area is 83.6 Å². The molecule has 0 fully saturated rings. The average molecular weight is 194 g/mol. The van der Waals surface area contributed by atoms with Gasteiger partial charge >= 0.3 is 0 Å². The molecule has 1 aromatic rings. The predicted molar refractivity (Wildman–Crippen MR) is 56.5 cm³/mol. The van der Waals surface area contributed by atoms with Crippen LogP contribution in [0.5, 0.6) is 0 Å². The molecule has 0 unspecified atom stereocenters. The molecule has 0 amide bonds. The number of benzene rings is 1. The van der Waals surface area contributed by atoms with Crippen LogP contribution in [-0.2, 0) is 0 Å². The Hall–Kier alpha value is -0.940. The molecule has 0 heterocycles. The first kappa shape index (κ1) is 10.1. The van der Waals surface area contributed by atoms with Crippen molar-refractivity contribution in [3.05, 3.63) is 35.1 Å². The van der Waals surface area contributed by atoms with E-state index in [0.717, 1.165) is 17.7 Å². The summed E-state index contributed by atoms with van der Waals surface area (Å²) in [5.74, 6) is 6.38. The van der Waals surface area contributed by atoms with E-state index in [2.05, 4.69) is 24.5 Å². The molecule has 0 atom stereocenters. The molecule has 0 spiro atoms. The third-order valence-corrected chi connectivity index (χ3v) is 1.95. The monoisotopic (exact) mass is 194 g/mol. The van der Waals surface area contributed by atoms with Crippen molar-refractivity contribution >= 4 is 12.6 Å². The molecule has 0 radical (unpaired) electrons. The van der Waals surface area contributed by atoms with Crippen molar-refractivity contribution in [2.24, 2.45) is 0 Å². The molecule has 0 saturated carbocycles. The lowest BCUT2D eigenvalue weighted by molar-refractivity contribution is 0.618. The van der Waals surface area contributed by atoms with E-state index in [1.165, 1.54) is 6.07 Å². The van der Waals surface area contributed by atoms with Crippen molar-refractivity contribution in [3.63, 3.8) is 0 Å². The minimum Gasteiger partial charge on any atom is -0.207 e. The normalized spacial score (nSPS) is 9.15. The Morgan fingerprint density at radius 2 is 2.23 bits per heavy atom. The van der Waals surface area contributed by atoms with Crippen molar-refractivity contribution < 1.29 is 4.39 Å². The van der Waals surface area contributed by atoms with Gasteiger partial charge in [0.05, 0.1) is 0 Å². The molecule has 0 aromatic heterocycles. The Morgan fingerprint density at radius 3 is 2.92 bits per heavy atom. The SMILES string of the molecule is Cc1c(F)cccc1C#CCCS. The summed E-state index contributed by atoms with van der Waals surface area (Å²) >= 11 is 4.04. The molecule has 13 heavy (non-hydrogen) atoms. The predicted octanol–water partition coefficient (Wildman–Crippen LogP) is 2.81. The van der Waals surface area contributed by atoms with Crippen molar-refractivity contribution in [2.45, 2.75) is 13.3 Å². The van der Waals surface area contributed by atoms with Crippen LogP contribution in [-0.4, -0.2) is 5.75 Å². The lowest BCUT2D eigenvalue weighted by Gasteiger charge is -1.97. The van der Waals surface area contributed by atoms with E-state index in [9.17, 15) is 4.39 Å². The van der Waals surface area contributed by atoms with Crippen LogP contribution in [0.4, 0.5) is 4.39 Å². The zero-order valence-corrected chi connectivity index (χ0v) is 8.37. The van der Waals surface area contributed by atoms with Crippen LogP contribution in [0.3, 0.4) is 0 Å². The molecule has 0 aliphatic rings. The Bertz CT molecular complexity index is 347. The third kappa shape index (κ3) is 2.78. The van der Waals surface area contributed by atoms with Crippen molar-refractivity contribution in [3.8, 4) is 11.8 Å². The van der Waals surface area contributed by atoms with E-state index in [1.807, 2.05) is 6.07 Å². The van der Waals surface area contributed by atoms with E-state index in [4.69, 9.17) is 0 Å². The van der Waals surface area contributed by atoms with Crippen LogP contribution in [0, 0.1) is 24.6 Å². The second-order valence-electron chi connectivity index (χ2n) is 2.69. The molecule has 68 valence electrons. The number of halogens is 1. The smallest absolute Gasteiger partial charge is 0.127 e. The van der Waals surface area contributed by atoms with Crippen LogP contribution in [0.25, 0.3) is 0 Å². The molecule has 1 aromatic carbocycles. The van der Waals surface area contributed by atoms with Gasteiger partial charge in [0.15, 0.2) is 0 Å². The van der Waals surface area contributed by atoms with Gasteiger partial charge in [0.1, 0.15) is 5.82 Å². The van der Waals surface area contributed by atoms with Gasteiger partial charge in [-0.3, -0.25) is 0 Å².